The Morgan fingerprint density at radius 2 is 1.80 bits per heavy atom. The van der Waals surface area contributed by atoms with Gasteiger partial charge in [-0.15, -0.1) is 10.2 Å². The van der Waals surface area contributed by atoms with Crippen LogP contribution in [0, 0.1) is 0 Å². The smallest absolute Gasteiger partial charge is 0.277 e. The number of carbonyl (C=O) groups is 1. The number of anilines is 1. The molecule has 0 fully saturated rings. The van der Waals surface area contributed by atoms with Gasteiger partial charge in [0.25, 0.3) is 5.22 Å². The van der Waals surface area contributed by atoms with Crippen LogP contribution < -0.4 is 5.32 Å². The minimum atomic E-state index is -0.320. The fourth-order valence-electron chi connectivity index (χ4n) is 1.84. The van der Waals surface area contributed by atoms with Crippen molar-refractivity contribution in [1.82, 2.24) is 15.2 Å². The molecule has 2 heterocycles. The van der Waals surface area contributed by atoms with E-state index in [-0.39, 0.29) is 26.9 Å². The van der Waals surface area contributed by atoms with Gasteiger partial charge >= 0.3 is 0 Å². The van der Waals surface area contributed by atoms with Crippen molar-refractivity contribution in [3.63, 3.8) is 0 Å². The molecule has 1 aromatic carbocycles. The molecule has 3 rings (SSSR count). The summed E-state index contributed by atoms with van der Waals surface area (Å²) < 4.78 is 5.50. The predicted octanol–water partition coefficient (Wildman–Crippen LogP) is 4.82. The van der Waals surface area contributed by atoms with Crippen LogP contribution in [0.3, 0.4) is 0 Å². The van der Waals surface area contributed by atoms with Gasteiger partial charge in [0.1, 0.15) is 0 Å². The monoisotopic (exact) mass is 414 g/mol. The molecule has 1 amide bonds. The van der Waals surface area contributed by atoms with E-state index in [2.05, 4.69) is 20.5 Å². The summed E-state index contributed by atoms with van der Waals surface area (Å²) in [6.07, 6.45) is 3.25. The maximum absolute atomic E-state index is 12.1. The first kappa shape index (κ1) is 18.0. The first-order valence-corrected chi connectivity index (χ1v) is 8.96. The highest BCUT2D eigenvalue weighted by Crippen LogP contribution is 2.34. The summed E-state index contributed by atoms with van der Waals surface area (Å²) in [5.41, 5.74) is 1.06. The van der Waals surface area contributed by atoms with Crippen molar-refractivity contribution < 1.29 is 9.21 Å². The summed E-state index contributed by atoms with van der Waals surface area (Å²) in [4.78, 5) is 16.0. The molecule has 0 saturated carbocycles. The quantitative estimate of drug-likeness (QED) is 0.602. The minimum Gasteiger partial charge on any atom is -0.411 e. The summed E-state index contributed by atoms with van der Waals surface area (Å²) in [5.74, 6) is 0.0849. The Hall–Kier alpha value is -1.80. The number of nitrogens with zero attached hydrogens (tertiary/aromatic N) is 3. The summed E-state index contributed by atoms with van der Waals surface area (Å²) in [7, 11) is 0. The number of amides is 1. The number of nitrogens with one attached hydrogen (secondary N) is 1. The Labute approximate surface area is 161 Å². The molecule has 0 bridgehead atoms. The molecule has 0 atom stereocenters. The Morgan fingerprint density at radius 1 is 1.12 bits per heavy atom. The van der Waals surface area contributed by atoms with Crippen molar-refractivity contribution in [2.24, 2.45) is 0 Å². The molecule has 0 aliphatic heterocycles. The molecule has 0 saturated heterocycles. The molecule has 0 aliphatic carbocycles. The van der Waals surface area contributed by atoms with Crippen LogP contribution in [0.15, 0.2) is 46.3 Å². The largest absolute Gasteiger partial charge is 0.411 e. The lowest BCUT2D eigenvalue weighted by atomic mass is 10.3. The molecular formula is C15H9Cl3N4O2S. The Balaban J connectivity index is 1.61. The van der Waals surface area contributed by atoms with Crippen LogP contribution in [-0.2, 0) is 4.79 Å². The fourth-order valence-corrected chi connectivity index (χ4v) is 3.32. The topological polar surface area (TPSA) is 80.9 Å². The number of hydrogen-bond donors (Lipinski definition) is 1. The first-order valence-electron chi connectivity index (χ1n) is 6.84. The second-order valence-corrected chi connectivity index (χ2v) is 6.87. The van der Waals surface area contributed by atoms with E-state index in [0.29, 0.717) is 16.6 Å². The molecular weight excluding hydrogens is 407 g/mol. The van der Waals surface area contributed by atoms with Crippen LogP contribution in [0.4, 0.5) is 5.69 Å². The number of rotatable bonds is 5. The van der Waals surface area contributed by atoms with Crippen LogP contribution in [0.1, 0.15) is 0 Å². The van der Waals surface area contributed by atoms with E-state index in [9.17, 15) is 4.79 Å². The number of thioether (sulfide) groups is 1. The first-order chi connectivity index (χ1) is 12.0. The fraction of sp³-hybridized carbons (Fsp3) is 0.0667. The number of carbonyl (C=O) groups excluding carboxylic acids is 1. The van der Waals surface area contributed by atoms with Crippen molar-refractivity contribution in [3.8, 4) is 11.5 Å². The number of aromatic nitrogens is 3. The molecule has 0 aliphatic rings. The zero-order chi connectivity index (χ0) is 17.8. The number of pyridine rings is 1. The number of hydrogen-bond acceptors (Lipinski definition) is 6. The number of halogens is 3. The third-order valence-corrected chi connectivity index (χ3v) is 4.56. The minimum absolute atomic E-state index is 0.0489. The highest BCUT2D eigenvalue weighted by atomic mass is 35.5. The van der Waals surface area contributed by atoms with Gasteiger partial charge in [0.15, 0.2) is 0 Å². The standard InChI is InChI=1S/C15H9Cl3N4O2S/c16-9-5-10(17)13(11(18)6-9)20-12(23)7-25-15-22-21-14(24-15)8-1-3-19-4-2-8/h1-6H,7H2,(H,20,23). The Morgan fingerprint density at radius 3 is 2.48 bits per heavy atom. The third kappa shape index (κ3) is 4.64. The van der Waals surface area contributed by atoms with Crippen molar-refractivity contribution >= 4 is 58.2 Å². The van der Waals surface area contributed by atoms with Gasteiger partial charge in [0, 0.05) is 23.0 Å². The summed E-state index contributed by atoms with van der Waals surface area (Å²) in [6, 6.07) is 6.49. The average molecular weight is 416 g/mol. The molecule has 0 radical (unpaired) electrons. The summed E-state index contributed by atoms with van der Waals surface area (Å²) in [5, 5.41) is 11.6. The second-order valence-electron chi connectivity index (χ2n) is 4.69. The third-order valence-electron chi connectivity index (χ3n) is 2.93. The number of benzene rings is 1. The Kier molecular flexibility index (Phi) is 5.80. The molecule has 2 aromatic heterocycles. The highest BCUT2D eigenvalue weighted by Gasteiger charge is 2.14. The van der Waals surface area contributed by atoms with Gasteiger partial charge in [-0.25, -0.2) is 0 Å². The second kappa shape index (κ2) is 8.05. The van der Waals surface area contributed by atoms with E-state index in [4.69, 9.17) is 39.2 Å². The molecule has 1 N–H and O–H groups in total. The molecule has 128 valence electrons. The van der Waals surface area contributed by atoms with Gasteiger partial charge in [0.05, 0.1) is 21.5 Å². The van der Waals surface area contributed by atoms with E-state index >= 15 is 0 Å². The molecule has 25 heavy (non-hydrogen) atoms. The average Bonchev–Trinajstić information content (AvgIpc) is 3.06. The highest BCUT2D eigenvalue weighted by molar-refractivity contribution is 7.99. The van der Waals surface area contributed by atoms with Crippen LogP contribution >= 0.6 is 46.6 Å². The zero-order valence-electron chi connectivity index (χ0n) is 12.4. The molecule has 0 spiro atoms. The zero-order valence-corrected chi connectivity index (χ0v) is 15.5. The molecule has 3 aromatic rings. The summed E-state index contributed by atoms with van der Waals surface area (Å²) in [6.45, 7) is 0. The van der Waals surface area contributed by atoms with E-state index in [1.165, 1.54) is 12.1 Å². The van der Waals surface area contributed by atoms with Crippen LogP contribution in [0.2, 0.25) is 15.1 Å². The van der Waals surface area contributed by atoms with Crippen LogP contribution in [0.25, 0.3) is 11.5 Å². The van der Waals surface area contributed by atoms with Crippen molar-refractivity contribution in [2.75, 3.05) is 11.1 Å². The molecule has 10 heteroatoms. The van der Waals surface area contributed by atoms with Gasteiger partial charge in [-0.3, -0.25) is 9.78 Å². The van der Waals surface area contributed by atoms with E-state index in [1.54, 1.807) is 24.5 Å². The maximum Gasteiger partial charge on any atom is 0.277 e. The van der Waals surface area contributed by atoms with Crippen LogP contribution in [0.5, 0.6) is 0 Å². The van der Waals surface area contributed by atoms with E-state index in [1.807, 2.05) is 0 Å². The van der Waals surface area contributed by atoms with Crippen LogP contribution in [-0.4, -0.2) is 26.8 Å². The Bertz CT molecular complexity index is 882. The lowest BCUT2D eigenvalue weighted by molar-refractivity contribution is -0.113. The van der Waals surface area contributed by atoms with Crippen molar-refractivity contribution in [3.05, 3.63) is 51.7 Å². The van der Waals surface area contributed by atoms with Gasteiger partial charge in [-0.1, -0.05) is 46.6 Å². The van der Waals surface area contributed by atoms with Gasteiger partial charge in [-0.05, 0) is 24.3 Å². The van der Waals surface area contributed by atoms with Crippen molar-refractivity contribution in [1.29, 1.82) is 0 Å². The molecule has 6 nitrogen and oxygen atoms in total. The van der Waals surface area contributed by atoms with Gasteiger partial charge in [-0.2, -0.15) is 0 Å². The predicted molar refractivity (Wildman–Crippen MR) is 98.4 cm³/mol. The summed E-state index contributed by atoms with van der Waals surface area (Å²) >= 11 is 19.0. The SMILES string of the molecule is O=C(CSc1nnc(-c2ccncc2)o1)Nc1c(Cl)cc(Cl)cc1Cl. The van der Waals surface area contributed by atoms with E-state index < -0.39 is 0 Å². The molecule has 0 unspecified atom stereocenters. The van der Waals surface area contributed by atoms with Gasteiger partial charge in [0.2, 0.25) is 11.8 Å². The lowest BCUT2D eigenvalue weighted by Crippen LogP contribution is -2.14. The van der Waals surface area contributed by atoms with Gasteiger partial charge < -0.3 is 9.73 Å². The normalized spacial score (nSPS) is 10.7. The maximum atomic E-state index is 12.1. The van der Waals surface area contributed by atoms with E-state index in [0.717, 1.165) is 17.3 Å². The lowest BCUT2D eigenvalue weighted by Gasteiger charge is -2.09. The van der Waals surface area contributed by atoms with Crippen molar-refractivity contribution in [2.45, 2.75) is 5.22 Å².